The minimum Gasteiger partial charge on any atom is -0.381 e. The molecule has 1 N–H and O–H groups in total. The zero-order valence-corrected chi connectivity index (χ0v) is 18.2. The van der Waals surface area contributed by atoms with Crippen molar-refractivity contribution in [2.45, 2.75) is 46.0 Å². The van der Waals surface area contributed by atoms with Crippen molar-refractivity contribution < 1.29 is 9.26 Å². The van der Waals surface area contributed by atoms with Crippen LogP contribution in [0.2, 0.25) is 0 Å². The van der Waals surface area contributed by atoms with E-state index in [1.807, 2.05) is 0 Å². The standard InChI is InChI=1S/C17H31N5O2.HI/c1-5-18-17(22(4)11-14-8-10-23-12-14)19-9-6-7-15-20-16(13(2)3)21-24-15;/h13-14H,5-12H2,1-4H3,(H,18,19);1H. The highest BCUT2D eigenvalue weighted by Crippen LogP contribution is 2.13. The van der Waals surface area contributed by atoms with E-state index in [4.69, 9.17) is 14.3 Å². The van der Waals surface area contributed by atoms with E-state index in [9.17, 15) is 0 Å². The molecule has 0 spiro atoms. The Kier molecular flexibility index (Phi) is 10.3. The van der Waals surface area contributed by atoms with Crippen LogP contribution in [0, 0.1) is 5.92 Å². The summed E-state index contributed by atoms with van der Waals surface area (Å²) < 4.78 is 10.7. The molecular formula is C17H32IN5O2. The predicted octanol–water partition coefficient (Wildman–Crippen LogP) is 2.68. The summed E-state index contributed by atoms with van der Waals surface area (Å²) in [5.74, 6) is 3.34. The highest BCUT2D eigenvalue weighted by Gasteiger charge is 2.19. The third-order valence-corrected chi connectivity index (χ3v) is 4.06. The summed E-state index contributed by atoms with van der Waals surface area (Å²) >= 11 is 0. The van der Waals surface area contributed by atoms with Gasteiger partial charge in [-0.05, 0) is 19.8 Å². The first-order valence-corrected chi connectivity index (χ1v) is 8.99. The number of rotatable bonds is 8. The average molecular weight is 465 g/mol. The molecule has 0 aliphatic carbocycles. The van der Waals surface area contributed by atoms with Crippen LogP contribution in [0.3, 0.4) is 0 Å². The van der Waals surface area contributed by atoms with E-state index in [1.54, 1.807) is 0 Å². The van der Waals surface area contributed by atoms with Gasteiger partial charge in [-0.15, -0.1) is 24.0 Å². The Bertz CT molecular complexity index is 515. The quantitative estimate of drug-likeness (QED) is 0.276. The van der Waals surface area contributed by atoms with Crippen LogP contribution in [0.4, 0.5) is 0 Å². The number of aliphatic imine (C=N–C) groups is 1. The number of ether oxygens (including phenoxy) is 1. The fraction of sp³-hybridized carbons (Fsp3) is 0.824. The molecule has 1 saturated heterocycles. The second-order valence-corrected chi connectivity index (χ2v) is 6.65. The topological polar surface area (TPSA) is 75.8 Å². The summed E-state index contributed by atoms with van der Waals surface area (Å²) in [6, 6.07) is 0. The number of nitrogens with one attached hydrogen (secondary N) is 1. The zero-order chi connectivity index (χ0) is 17.4. The van der Waals surface area contributed by atoms with Gasteiger partial charge >= 0.3 is 0 Å². The molecule has 0 radical (unpaired) electrons. The Hall–Kier alpha value is -0.900. The molecule has 2 rings (SSSR count). The van der Waals surface area contributed by atoms with Gasteiger partial charge in [-0.3, -0.25) is 4.99 Å². The van der Waals surface area contributed by atoms with Crippen molar-refractivity contribution in [1.82, 2.24) is 20.4 Å². The Morgan fingerprint density at radius 2 is 2.24 bits per heavy atom. The second kappa shape index (κ2) is 11.7. The van der Waals surface area contributed by atoms with Crippen LogP contribution in [0.25, 0.3) is 0 Å². The maximum atomic E-state index is 5.45. The van der Waals surface area contributed by atoms with Crippen LogP contribution in [-0.4, -0.2) is 60.9 Å². The van der Waals surface area contributed by atoms with Gasteiger partial charge in [0.2, 0.25) is 5.89 Å². The van der Waals surface area contributed by atoms with Gasteiger partial charge in [0.05, 0.1) is 6.61 Å². The van der Waals surface area contributed by atoms with E-state index in [-0.39, 0.29) is 24.0 Å². The Balaban J connectivity index is 0.00000312. The van der Waals surface area contributed by atoms with Crippen molar-refractivity contribution in [1.29, 1.82) is 0 Å². The van der Waals surface area contributed by atoms with E-state index < -0.39 is 0 Å². The maximum absolute atomic E-state index is 5.45. The molecule has 0 aromatic carbocycles. The van der Waals surface area contributed by atoms with Gasteiger partial charge in [-0.2, -0.15) is 4.98 Å². The number of hydrogen-bond acceptors (Lipinski definition) is 5. The molecule has 7 nitrogen and oxygen atoms in total. The molecule has 25 heavy (non-hydrogen) atoms. The number of hydrogen-bond donors (Lipinski definition) is 1. The molecule has 1 atom stereocenters. The third kappa shape index (κ3) is 7.47. The molecule has 1 unspecified atom stereocenters. The van der Waals surface area contributed by atoms with Gasteiger partial charge in [0.1, 0.15) is 0 Å². The van der Waals surface area contributed by atoms with Crippen LogP contribution in [0.1, 0.15) is 51.2 Å². The lowest BCUT2D eigenvalue weighted by molar-refractivity contribution is 0.181. The fourth-order valence-electron chi connectivity index (χ4n) is 2.69. The summed E-state index contributed by atoms with van der Waals surface area (Å²) in [5, 5.41) is 7.35. The monoisotopic (exact) mass is 465 g/mol. The number of nitrogens with zero attached hydrogens (tertiary/aromatic N) is 4. The third-order valence-electron chi connectivity index (χ3n) is 4.06. The van der Waals surface area contributed by atoms with Gasteiger partial charge in [0, 0.05) is 51.5 Å². The average Bonchev–Trinajstić information content (AvgIpc) is 3.21. The SMILES string of the molecule is CCNC(=NCCCc1nc(C(C)C)no1)N(C)CC1CCOC1.I. The molecular weight excluding hydrogens is 433 g/mol. The lowest BCUT2D eigenvalue weighted by Gasteiger charge is -2.24. The molecule has 1 aliphatic rings. The Morgan fingerprint density at radius 1 is 1.44 bits per heavy atom. The molecule has 2 heterocycles. The van der Waals surface area contributed by atoms with Crippen molar-refractivity contribution in [2.75, 3.05) is 39.9 Å². The van der Waals surface area contributed by atoms with E-state index in [0.717, 1.165) is 63.9 Å². The van der Waals surface area contributed by atoms with Gasteiger partial charge in [0.15, 0.2) is 11.8 Å². The molecule has 1 aromatic heterocycles. The van der Waals surface area contributed by atoms with Gasteiger partial charge in [-0.1, -0.05) is 19.0 Å². The maximum Gasteiger partial charge on any atom is 0.226 e. The summed E-state index contributed by atoms with van der Waals surface area (Å²) in [5.41, 5.74) is 0. The molecule has 0 bridgehead atoms. The van der Waals surface area contributed by atoms with Crippen LogP contribution in [-0.2, 0) is 11.2 Å². The van der Waals surface area contributed by atoms with E-state index in [2.05, 4.69) is 48.2 Å². The van der Waals surface area contributed by atoms with Crippen LogP contribution in [0.15, 0.2) is 9.52 Å². The molecule has 144 valence electrons. The predicted molar refractivity (Wildman–Crippen MR) is 110 cm³/mol. The largest absolute Gasteiger partial charge is 0.381 e. The van der Waals surface area contributed by atoms with Crippen LogP contribution in [0.5, 0.6) is 0 Å². The lowest BCUT2D eigenvalue weighted by atomic mass is 10.1. The van der Waals surface area contributed by atoms with Crippen molar-refractivity contribution in [2.24, 2.45) is 10.9 Å². The lowest BCUT2D eigenvalue weighted by Crippen LogP contribution is -2.41. The Morgan fingerprint density at radius 3 is 2.84 bits per heavy atom. The second-order valence-electron chi connectivity index (χ2n) is 6.65. The van der Waals surface area contributed by atoms with Crippen molar-refractivity contribution >= 4 is 29.9 Å². The smallest absolute Gasteiger partial charge is 0.226 e. The first-order chi connectivity index (χ1) is 11.6. The van der Waals surface area contributed by atoms with Gasteiger partial charge < -0.3 is 19.5 Å². The molecule has 1 aliphatic heterocycles. The van der Waals surface area contributed by atoms with E-state index in [1.165, 1.54) is 0 Å². The molecule has 8 heteroatoms. The number of aromatic nitrogens is 2. The zero-order valence-electron chi connectivity index (χ0n) is 15.8. The minimum absolute atomic E-state index is 0. The molecule has 1 fully saturated rings. The molecule has 1 aromatic rings. The first kappa shape index (κ1) is 22.1. The number of guanidine groups is 1. The Labute approximate surface area is 168 Å². The molecule has 0 saturated carbocycles. The summed E-state index contributed by atoms with van der Waals surface area (Å²) in [4.78, 5) is 11.3. The highest BCUT2D eigenvalue weighted by molar-refractivity contribution is 14.0. The number of halogens is 1. The minimum atomic E-state index is 0. The fourth-order valence-corrected chi connectivity index (χ4v) is 2.69. The molecule has 0 amide bonds. The highest BCUT2D eigenvalue weighted by atomic mass is 127. The van der Waals surface area contributed by atoms with E-state index in [0.29, 0.717) is 17.7 Å². The van der Waals surface area contributed by atoms with Crippen LogP contribution < -0.4 is 5.32 Å². The van der Waals surface area contributed by atoms with Crippen molar-refractivity contribution in [3.05, 3.63) is 11.7 Å². The first-order valence-electron chi connectivity index (χ1n) is 8.99. The van der Waals surface area contributed by atoms with Gasteiger partial charge in [0.25, 0.3) is 0 Å². The summed E-state index contributed by atoms with van der Waals surface area (Å²) in [6.07, 6.45) is 2.80. The number of aryl methyl sites for hydroxylation is 1. The van der Waals surface area contributed by atoms with Gasteiger partial charge in [-0.25, -0.2) is 0 Å². The normalized spacial score (nSPS) is 17.6. The van der Waals surface area contributed by atoms with E-state index >= 15 is 0 Å². The van der Waals surface area contributed by atoms with Crippen molar-refractivity contribution in [3.63, 3.8) is 0 Å². The summed E-state index contributed by atoms with van der Waals surface area (Å²) in [6.45, 7) is 10.5. The van der Waals surface area contributed by atoms with Crippen molar-refractivity contribution in [3.8, 4) is 0 Å². The summed E-state index contributed by atoms with van der Waals surface area (Å²) in [7, 11) is 2.09. The van der Waals surface area contributed by atoms with Crippen LogP contribution >= 0.6 is 24.0 Å².